The molecule has 0 bridgehead atoms. The van der Waals surface area contributed by atoms with Gasteiger partial charge in [0.25, 0.3) is 5.91 Å². The lowest BCUT2D eigenvalue weighted by Crippen LogP contribution is -2.36. The second-order valence-corrected chi connectivity index (χ2v) is 7.49. The summed E-state index contributed by atoms with van der Waals surface area (Å²) in [5, 5.41) is 12.8. The van der Waals surface area contributed by atoms with Crippen LogP contribution in [-0.2, 0) is 0 Å². The number of hydrogen-bond acceptors (Lipinski definition) is 7. The maximum atomic E-state index is 12.6. The number of nitrogens with two attached hydrogens (primary N) is 1. The number of fused-ring (bicyclic) bond motifs is 2. The summed E-state index contributed by atoms with van der Waals surface area (Å²) in [6.45, 7) is 4.46. The lowest BCUT2D eigenvalue weighted by molar-refractivity contribution is 0.0696. The second-order valence-electron chi connectivity index (χ2n) is 7.49. The van der Waals surface area contributed by atoms with Crippen molar-refractivity contribution >= 4 is 28.5 Å². The fourth-order valence-corrected chi connectivity index (χ4v) is 3.58. The zero-order chi connectivity index (χ0) is 22.8. The molecule has 9 heteroatoms. The molecule has 3 aromatic rings. The first kappa shape index (κ1) is 21.2. The Kier molecular flexibility index (Phi) is 5.72. The van der Waals surface area contributed by atoms with Gasteiger partial charge in [0.15, 0.2) is 11.5 Å². The Bertz CT molecular complexity index is 1210. The minimum absolute atomic E-state index is 0.0477. The van der Waals surface area contributed by atoms with Crippen LogP contribution >= 0.6 is 0 Å². The molecule has 4 rings (SSSR count). The van der Waals surface area contributed by atoms with E-state index >= 15 is 0 Å². The van der Waals surface area contributed by atoms with Crippen molar-refractivity contribution in [1.82, 2.24) is 10.3 Å². The van der Waals surface area contributed by atoms with Gasteiger partial charge in [0.05, 0.1) is 28.3 Å². The quantitative estimate of drug-likeness (QED) is 0.536. The average molecular weight is 437 g/mol. The zero-order valence-electron chi connectivity index (χ0n) is 17.7. The highest BCUT2D eigenvalue weighted by Crippen LogP contribution is 2.33. The molecule has 0 saturated carbocycles. The molecule has 4 N–H and O–H groups in total. The van der Waals surface area contributed by atoms with Crippen molar-refractivity contribution in [3.05, 3.63) is 53.2 Å². The van der Waals surface area contributed by atoms with Crippen LogP contribution in [0.4, 0.5) is 5.69 Å². The SMILES string of the molecule is Cc1nc2cccc(OCC(C)NC(=O)c3ccc4c(c3)OCCO4)c2c(N)c1C(=O)O. The molecule has 0 spiro atoms. The number of nitrogens with zero attached hydrogens (tertiary/aromatic N) is 1. The highest BCUT2D eigenvalue weighted by molar-refractivity contribution is 6.06. The smallest absolute Gasteiger partial charge is 0.339 e. The van der Waals surface area contributed by atoms with E-state index in [-0.39, 0.29) is 29.8 Å². The van der Waals surface area contributed by atoms with E-state index in [2.05, 4.69) is 10.3 Å². The maximum absolute atomic E-state index is 12.6. The molecule has 1 unspecified atom stereocenters. The summed E-state index contributed by atoms with van der Waals surface area (Å²) in [7, 11) is 0. The standard InChI is InChI=1S/C23H23N3O6/c1-12(25-22(27)14-6-7-16-18(10-14)31-9-8-30-16)11-32-17-5-3-4-15-20(17)21(24)19(23(28)29)13(2)26-15/h3-7,10,12H,8-9,11H2,1-2H3,(H2,24,26)(H,25,27)(H,28,29). The average Bonchev–Trinajstić information content (AvgIpc) is 2.76. The molecular weight excluding hydrogens is 414 g/mol. The van der Waals surface area contributed by atoms with Gasteiger partial charge in [-0.25, -0.2) is 4.79 Å². The Labute approximate surface area is 184 Å². The van der Waals surface area contributed by atoms with Gasteiger partial charge in [0.2, 0.25) is 0 Å². The van der Waals surface area contributed by atoms with Gasteiger partial charge in [-0.05, 0) is 44.2 Å². The minimum atomic E-state index is -1.15. The number of carboxylic acids is 1. The normalized spacial score (nSPS) is 13.4. The molecule has 2 heterocycles. The minimum Gasteiger partial charge on any atom is -0.491 e. The van der Waals surface area contributed by atoms with E-state index < -0.39 is 5.97 Å². The van der Waals surface area contributed by atoms with Crippen LogP contribution in [0, 0.1) is 6.92 Å². The van der Waals surface area contributed by atoms with E-state index in [1.807, 2.05) is 0 Å². The van der Waals surface area contributed by atoms with Gasteiger partial charge in [-0.15, -0.1) is 0 Å². The Morgan fingerprint density at radius 2 is 1.97 bits per heavy atom. The highest BCUT2D eigenvalue weighted by atomic mass is 16.6. The van der Waals surface area contributed by atoms with Crippen molar-refractivity contribution in [2.24, 2.45) is 0 Å². The predicted octanol–water partition coefficient (Wildman–Crippen LogP) is 2.79. The van der Waals surface area contributed by atoms with Crippen LogP contribution in [0.3, 0.4) is 0 Å². The summed E-state index contributed by atoms with van der Waals surface area (Å²) in [5.41, 5.74) is 7.52. The molecule has 1 aromatic heterocycles. The summed E-state index contributed by atoms with van der Waals surface area (Å²) < 4.78 is 16.9. The van der Waals surface area contributed by atoms with Gasteiger partial charge in [0, 0.05) is 5.56 Å². The van der Waals surface area contributed by atoms with Gasteiger partial charge in [-0.2, -0.15) is 0 Å². The van der Waals surface area contributed by atoms with Crippen molar-refractivity contribution in [3.63, 3.8) is 0 Å². The van der Waals surface area contributed by atoms with Crippen LogP contribution in [-0.4, -0.2) is 47.8 Å². The van der Waals surface area contributed by atoms with E-state index in [4.69, 9.17) is 19.9 Å². The molecule has 1 aliphatic rings. The van der Waals surface area contributed by atoms with Crippen LogP contribution in [0.15, 0.2) is 36.4 Å². The number of hydrogen-bond donors (Lipinski definition) is 3. The van der Waals surface area contributed by atoms with E-state index in [9.17, 15) is 14.7 Å². The number of ether oxygens (including phenoxy) is 3. The number of carbonyl (C=O) groups excluding carboxylic acids is 1. The first-order valence-electron chi connectivity index (χ1n) is 10.1. The lowest BCUT2D eigenvalue weighted by atomic mass is 10.1. The number of benzene rings is 2. The number of nitrogens with one attached hydrogen (secondary N) is 1. The number of aromatic nitrogens is 1. The number of anilines is 1. The third kappa shape index (κ3) is 4.09. The van der Waals surface area contributed by atoms with Crippen LogP contribution < -0.4 is 25.3 Å². The van der Waals surface area contributed by atoms with Crippen LogP contribution in [0.1, 0.15) is 33.3 Å². The first-order valence-corrected chi connectivity index (χ1v) is 10.1. The predicted molar refractivity (Wildman–Crippen MR) is 118 cm³/mol. The Morgan fingerprint density at radius 1 is 1.22 bits per heavy atom. The maximum Gasteiger partial charge on any atom is 0.339 e. The number of carboxylic acid groups (broad SMARTS) is 1. The van der Waals surface area contributed by atoms with E-state index in [0.29, 0.717) is 52.6 Å². The van der Waals surface area contributed by atoms with Crippen molar-refractivity contribution in [2.45, 2.75) is 19.9 Å². The molecule has 1 amide bonds. The number of amides is 1. The number of pyridine rings is 1. The molecule has 2 aromatic carbocycles. The zero-order valence-corrected chi connectivity index (χ0v) is 17.7. The first-order chi connectivity index (χ1) is 15.3. The third-order valence-electron chi connectivity index (χ3n) is 5.08. The Morgan fingerprint density at radius 3 is 2.72 bits per heavy atom. The van der Waals surface area contributed by atoms with Crippen LogP contribution in [0.25, 0.3) is 10.9 Å². The summed E-state index contributed by atoms with van der Waals surface area (Å²) in [6.07, 6.45) is 0. The lowest BCUT2D eigenvalue weighted by Gasteiger charge is -2.20. The van der Waals surface area contributed by atoms with Gasteiger partial charge >= 0.3 is 5.97 Å². The van der Waals surface area contributed by atoms with Crippen LogP contribution in [0.2, 0.25) is 0 Å². The summed E-state index contributed by atoms with van der Waals surface area (Å²) in [6, 6.07) is 9.86. The number of rotatable bonds is 6. The Hall–Kier alpha value is -4.01. The Balaban J connectivity index is 1.48. The largest absolute Gasteiger partial charge is 0.491 e. The third-order valence-corrected chi connectivity index (χ3v) is 5.08. The van der Waals surface area contributed by atoms with Gasteiger partial charge < -0.3 is 30.4 Å². The van der Waals surface area contributed by atoms with Gasteiger partial charge in [0.1, 0.15) is 31.1 Å². The fraction of sp³-hybridized carbons (Fsp3) is 0.261. The molecule has 0 aliphatic carbocycles. The van der Waals surface area contributed by atoms with Crippen molar-refractivity contribution in [1.29, 1.82) is 0 Å². The molecule has 166 valence electrons. The molecule has 32 heavy (non-hydrogen) atoms. The molecule has 0 radical (unpaired) electrons. The fourth-order valence-electron chi connectivity index (χ4n) is 3.58. The molecular formula is C23H23N3O6. The summed E-state index contributed by atoms with van der Waals surface area (Å²) in [4.78, 5) is 28.5. The highest BCUT2D eigenvalue weighted by Gasteiger charge is 2.20. The monoisotopic (exact) mass is 437 g/mol. The van der Waals surface area contributed by atoms with Crippen molar-refractivity contribution in [3.8, 4) is 17.2 Å². The number of nitrogen functional groups attached to an aromatic ring is 1. The van der Waals surface area contributed by atoms with Gasteiger partial charge in [-0.1, -0.05) is 6.07 Å². The van der Waals surface area contributed by atoms with Crippen molar-refractivity contribution in [2.75, 3.05) is 25.6 Å². The van der Waals surface area contributed by atoms with E-state index in [0.717, 1.165) is 0 Å². The van der Waals surface area contributed by atoms with Crippen molar-refractivity contribution < 1.29 is 28.9 Å². The molecule has 0 saturated heterocycles. The molecule has 0 fully saturated rings. The number of aryl methyl sites for hydroxylation is 1. The second kappa shape index (κ2) is 8.62. The summed E-state index contributed by atoms with van der Waals surface area (Å²) >= 11 is 0. The van der Waals surface area contributed by atoms with E-state index in [1.165, 1.54) is 0 Å². The van der Waals surface area contributed by atoms with E-state index in [1.54, 1.807) is 50.2 Å². The summed E-state index contributed by atoms with van der Waals surface area (Å²) in [5.74, 6) is 0.124. The van der Waals surface area contributed by atoms with Crippen LogP contribution in [0.5, 0.6) is 17.2 Å². The topological polar surface area (TPSA) is 133 Å². The molecule has 1 atom stereocenters. The number of aromatic carboxylic acids is 1. The molecule has 9 nitrogen and oxygen atoms in total. The molecule has 1 aliphatic heterocycles. The van der Waals surface area contributed by atoms with Gasteiger partial charge in [-0.3, -0.25) is 9.78 Å². The number of carbonyl (C=O) groups is 2.